The van der Waals surface area contributed by atoms with E-state index in [9.17, 15) is 4.79 Å². The number of aromatic nitrogens is 3. The molecule has 0 bridgehead atoms. The van der Waals surface area contributed by atoms with Gasteiger partial charge in [-0.1, -0.05) is 0 Å². The highest BCUT2D eigenvalue weighted by Gasteiger charge is 2.13. The van der Waals surface area contributed by atoms with Crippen molar-refractivity contribution in [1.82, 2.24) is 14.8 Å². The molecular weight excluding hydrogens is 298 g/mol. The van der Waals surface area contributed by atoms with Crippen LogP contribution in [0.3, 0.4) is 0 Å². The van der Waals surface area contributed by atoms with Gasteiger partial charge in [-0.3, -0.25) is 9.67 Å². The number of halogens is 1. The van der Waals surface area contributed by atoms with Gasteiger partial charge in [-0.25, -0.2) is 4.79 Å². The van der Waals surface area contributed by atoms with Crippen LogP contribution in [0.2, 0.25) is 0 Å². The van der Waals surface area contributed by atoms with Crippen LogP contribution in [0, 0.1) is 0 Å². The monoisotopic (exact) mass is 309 g/mol. The van der Waals surface area contributed by atoms with Gasteiger partial charge < -0.3 is 4.74 Å². The minimum Gasteiger partial charge on any atom is -0.457 e. The van der Waals surface area contributed by atoms with Crippen molar-refractivity contribution in [1.29, 1.82) is 0 Å². The quantitative estimate of drug-likeness (QED) is 0.813. The molecule has 5 nitrogen and oxygen atoms in total. The highest BCUT2D eigenvalue weighted by Crippen LogP contribution is 2.11. The molecule has 94 valence electrons. The lowest BCUT2D eigenvalue weighted by atomic mass is 10.3. The Morgan fingerprint density at radius 1 is 1.56 bits per heavy atom. The number of carbonyl (C=O) groups excluding carboxylic acids is 1. The van der Waals surface area contributed by atoms with Crippen molar-refractivity contribution in [3.05, 3.63) is 47.0 Å². The highest BCUT2D eigenvalue weighted by atomic mass is 79.9. The van der Waals surface area contributed by atoms with Gasteiger partial charge in [-0.2, -0.15) is 5.10 Å². The van der Waals surface area contributed by atoms with Crippen LogP contribution in [-0.2, 0) is 11.3 Å². The Labute approximate surface area is 113 Å². The Bertz CT molecular complexity index is 528. The molecule has 0 fully saturated rings. The van der Waals surface area contributed by atoms with E-state index in [1.54, 1.807) is 23.1 Å². The normalized spacial score (nSPS) is 12.1. The number of ether oxygens (including phenoxy) is 1. The summed E-state index contributed by atoms with van der Waals surface area (Å²) in [6.45, 7) is 2.35. The van der Waals surface area contributed by atoms with Crippen LogP contribution in [0.5, 0.6) is 0 Å². The largest absolute Gasteiger partial charge is 0.457 e. The van der Waals surface area contributed by atoms with E-state index >= 15 is 0 Å². The molecule has 0 spiro atoms. The predicted molar refractivity (Wildman–Crippen MR) is 69.0 cm³/mol. The van der Waals surface area contributed by atoms with Crippen molar-refractivity contribution >= 4 is 21.9 Å². The molecule has 0 radical (unpaired) electrons. The second-order valence-corrected chi connectivity index (χ2v) is 4.75. The Balaban J connectivity index is 1.95. The molecule has 0 aliphatic carbocycles. The first-order valence-corrected chi connectivity index (χ1v) is 6.23. The number of nitrogens with zero attached hydrogens (tertiary/aromatic N) is 3. The third-order valence-corrected chi connectivity index (χ3v) is 2.69. The molecule has 0 aromatic carbocycles. The molecule has 2 rings (SSSR count). The fourth-order valence-corrected chi connectivity index (χ4v) is 1.85. The van der Waals surface area contributed by atoms with Crippen LogP contribution in [0.4, 0.5) is 0 Å². The first-order chi connectivity index (χ1) is 8.65. The van der Waals surface area contributed by atoms with Crippen molar-refractivity contribution in [3.63, 3.8) is 0 Å². The molecular formula is C12H12BrN3O2. The van der Waals surface area contributed by atoms with Gasteiger partial charge in [-0.15, -0.1) is 0 Å². The summed E-state index contributed by atoms with van der Waals surface area (Å²) in [6.07, 6.45) is 6.35. The molecule has 2 aromatic heterocycles. The van der Waals surface area contributed by atoms with Crippen molar-refractivity contribution < 1.29 is 9.53 Å². The van der Waals surface area contributed by atoms with E-state index in [4.69, 9.17) is 4.74 Å². The summed E-state index contributed by atoms with van der Waals surface area (Å²) in [5.74, 6) is -0.386. The van der Waals surface area contributed by atoms with E-state index < -0.39 is 0 Å². The Kier molecular flexibility index (Phi) is 4.09. The second-order valence-electron chi connectivity index (χ2n) is 3.84. The zero-order chi connectivity index (χ0) is 13.0. The maximum atomic E-state index is 11.8. The summed E-state index contributed by atoms with van der Waals surface area (Å²) in [5, 5.41) is 4.06. The first-order valence-electron chi connectivity index (χ1n) is 5.44. The molecule has 18 heavy (non-hydrogen) atoms. The molecule has 0 saturated heterocycles. The van der Waals surface area contributed by atoms with Crippen molar-refractivity contribution in [3.8, 4) is 0 Å². The lowest BCUT2D eigenvalue weighted by Gasteiger charge is -2.13. The molecule has 0 aliphatic rings. The van der Waals surface area contributed by atoms with Gasteiger partial charge in [0.25, 0.3) is 0 Å². The first kappa shape index (κ1) is 12.8. The summed E-state index contributed by atoms with van der Waals surface area (Å²) in [6, 6.07) is 3.50. The van der Waals surface area contributed by atoms with E-state index in [-0.39, 0.29) is 12.1 Å². The van der Waals surface area contributed by atoms with Crippen LogP contribution >= 0.6 is 15.9 Å². The summed E-state index contributed by atoms with van der Waals surface area (Å²) in [5.41, 5.74) is 0.427. The smallest absolute Gasteiger partial charge is 0.340 e. The van der Waals surface area contributed by atoms with Gasteiger partial charge in [0.05, 0.1) is 12.1 Å². The van der Waals surface area contributed by atoms with E-state index in [0.717, 1.165) is 4.47 Å². The molecule has 0 aliphatic heterocycles. The Morgan fingerprint density at radius 3 is 3.06 bits per heavy atom. The van der Waals surface area contributed by atoms with Crippen LogP contribution < -0.4 is 0 Å². The van der Waals surface area contributed by atoms with Crippen molar-refractivity contribution in [2.24, 2.45) is 0 Å². The van der Waals surface area contributed by atoms with Crippen LogP contribution in [0.1, 0.15) is 17.3 Å². The van der Waals surface area contributed by atoms with Gasteiger partial charge in [0.2, 0.25) is 0 Å². The molecule has 6 heteroatoms. The Hall–Kier alpha value is -1.69. The fourth-order valence-electron chi connectivity index (χ4n) is 1.48. The minimum atomic E-state index is -0.386. The molecule has 1 atom stereocenters. The molecule has 0 amide bonds. The maximum absolute atomic E-state index is 11.8. The lowest BCUT2D eigenvalue weighted by molar-refractivity contribution is 0.0298. The van der Waals surface area contributed by atoms with Gasteiger partial charge in [0.15, 0.2) is 0 Å². The zero-order valence-electron chi connectivity index (χ0n) is 9.78. The van der Waals surface area contributed by atoms with Gasteiger partial charge in [0, 0.05) is 29.3 Å². The summed E-state index contributed by atoms with van der Waals surface area (Å²) >= 11 is 3.26. The van der Waals surface area contributed by atoms with E-state index in [1.165, 1.54) is 6.20 Å². The molecule has 0 unspecified atom stereocenters. The van der Waals surface area contributed by atoms with Crippen LogP contribution in [-0.4, -0.2) is 26.8 Å². The molecule has 2 heterocycles. The minimum absolute atomic E-state index is 0.253. The van der Waals surface area contributed by atoms with E-state index in [1.807, 2.05) is 19.2 Å². The topological polar surface area (TPSA) is 57.0 Å². The summed E-state index contributed by atoms with van der Waals surface area (Å²) < 4.78 is 7.77. The van der Waals surface area contributed by atoms with E-state index in [0.29, 0.717) is 12.1 Å². The van der Waals surface area contributed by atoms with Gasteiger partial charge >= 0.3 is 5.97 Å². The number of rotatable bonds is 4. The van der Waals surface area contributed by atoms with Crippen LogP contribution in [0.25, 0.3) is 0 Å². The third-order valence-electron chi connectivity index (χ3n) is 2.25. The van der Waals surface area contributed by atoms with Gasteiger partial charge in [-0.05, 0) is 35.0 Å². The van der Waals surface area contributed by atoms with Crippen LogP contribution in [0.15, 0.2) is 41.4 Å². The number of carbonyl (C=O) groups is 1. The number of pyridine rings is 1. The van der Waals surface area contributed by atoms with E-state index in [2.05, 4.69) is 26.0 Å². The molecule has 0 N–H and O–H groups in total. The number of esters is 1. The maximum Gasteiger partial charge on any atom is 0.340 e. The fraction of sp³-hybridized carbons (Fsp3) is 0.250. The lowest BCUT2D eigenvalue weighted by Crippen LogP contribution is -2.21. The second kappa shape index (κ2) is 5.77. The SMILES string of the molecule is C[C@@H](Cn1cccn1)OC(=O)c1cncc(Br)c1. The zero-order valence-corrected chi connectivity index (χ0v) is 11.4. The standard InChI is InChI=1S/C12H12BrN3O2/c1-9(8-16-4-2-3-15-16)18-12(17)10-5-11(13)7-14-6-10/h2-7,9H,8H2,1H3/t9-/m0/s1. The average Bonchev–Trinajstić information content (AvgIpc) is 2.81. The van der Waals surface area contributed by atoms with Crippen molar-refractivity contribution in [2.45, 2.75) is 19.6 Å². The van der Waals surface area contributed by atoms with Gasteiger partial charge in [0.1, 0.15) is 6.10 Å². The van der Waals surface area contributed by atoms with Crippen molar-refractivity contribution in [2.75, 3.05) is 0 Å². The summed E-state index contributed by atoms with van der Waals surface area (Å²) in [4.78, 5) is 15.7. The number of hydrogen-bond donors (Lipinski definition) is 0. The highest BCUT2D eigenvalue weighted by molar-refractivity contribution is 9.10. The third kappa shape index (κ3) is 3.40. The predicted octanol–water partition coefficient (Wildman–Crippen LogP) is 2.29. The molecule has 0 saturated carbocycles. The molecule has 2 aromatic rings. The average molecular weight is 310 g/mol. The number of hydrogen-bond acceptors (Lipinski definition) is 4. The Morgan fingerprint density at radius 2 is 2.39 bits per heavy atom. The summed E-state index contributed by atoms with van der Waals surface area (Å²) in [7, 11) is 0.